The van der Waals surface area contributed by atoms with E-state index in [0.717, 1.165) is 18.4 Å². The topological polar surface area (TPSA) is 17.1 Å². The average Bonchev–Trinajstić information content (AvgIpc) is 2.53. The molecule has 0 unspecified atom stereocenters. The SMILES string of the molecule is O=C(S)C1=CCCC2(CCCC2)C1. The van der Waals surface area contributed by atoms with Crippen molar-refractivity contribution >= 4 is 17.7 Å². The van der Waals surface area contributed by atoms with Crippen molar-refractivity contribution in [2.24, 2.45) is 5.41 Å². The molecule has 13 heavy (non-hydrogen) atoms. The van der Waals surface area contributed by atoms with Gasteiger partial charge in [-0.3, -0.25) is 4.79 Å². The van der Waals surface area contributed by atoms with E-state index in [1.54, 1.807) is 0 Å². The minimum Gasteiger partial charge on any atom is -0.282 e. The van der Waals surface area contributed by atoms with E-state index >= 15 is 0 Å². The lowest BCUT2D eigenvalue weighted by molar-refractivity contribution is -0.108. The van der Waals surface area contributed by atoms with E-state index in [-0.39, 0.29) is 5.12 Å². The van der Waals surface area contributed by atoms with Crippen molar-refractivity contribution in [3.05, 3.63) is 11.6 Å². The van der Waals surface area contributed by atoms with Crippen LogP contribution in [0.5, 0.6) is 0 Å². The van der Waals surface area contributed by atoms with Gasteiger partial charge >= 0.3 is 0 Å². The molecule has 0 saturated heterocycles. The van der Waals surface area contributed by atoms with Crippen LogP contribution in [0, 0.1) is 5.41 Å². The van der Waals surface area contributed by atoms with Crippen molar-refractivity contribution in [2.45, 2.75) is 44.9 Å². The summed E-state index contributed by atoms with van der Waals surface area (Å²) in [6.45, 7) is 0. The first-order valence-corrected chi connectivity index (χ1v) is 5.59. The number of carbonyl (C=O) groups excluding carboxylic acids is 1. The van der Waals surface area contributed by atoms with Gasteiger partial charge in [-0.05, 0) is 37.5 Å². The van der Waals surface area contributed by atoms with E-state index < -0.39 is 0 Å². The van der Waals surface area contributed by atoms with E-state index in [0.29, 0.717) is 5.41 Å². The highest BCUT2D eigenvalue weighted by atomic mass is 32.1. The molecule has 2 rings (SSSR count). The van der Waals surface area contributed by atoms with Gasteiger partial charge in [-0.15, -0.1) is 12.6 Å². The van der Waals surface area contributed by atoms with E-state index in [2.05, 4.69) is 18.7 Å². The highest BCUT2D eigenvalue weighted by molar-refractivity contribution is 7.97. The fourth-order valence-electron chi connectivity index (χ4n) is 2.83. The van der Waals surface area contributed by atoms with Crippen LogP contribution in [0.4, 0.5) is 0 Å². The second-order valence-electron chi connectivity index (χ2n) is 4.46. The third-order valence-corrected chi connectivity index (χ3v) is 3.86. The number of carbonyl (C=O) groups is 1. The Morgan fingerprint density at radius 1 is 1.31 bits per heavy atom. The first-order valence-electron chi connectivity index (χ1n) is 5.14. The van der Waals surface area contributed by atoms with Gasteiger partial charge in [0.05, 0.1) is 0 Å². The second-order valence-corrected chi connectivity index (χ2v) is 4.86. The summed E-state index contributed by atoms with van der Waals surface area (Å²) in [5, 5.41) is -0.00836. The molecular formula is C11H16OS. The smallest absolute Gasteiger partial charge is 0.211 e. The fraction of sp³-hybridized carbons (Fsp3) is 0.727. The van der Waals surface area contributed by atoms with Crippen molar-refractivity contribution in [1.82, 2.24) is 0 Å². The van der Waals surface area contributed by atoms with E-state index in [4.69, 9.17) is 0 Å². The lowest BCUT2D eigenvalue weighted by atomic mass is 9.73. The number of rotatable bonds is 1. The Hall–Kier alpha value is -0.240. The quantitative estimate of drug-likeness (QED) is 0.638. The maximum absolute atomic E-state index is 11.1. The van der Waals surface area contributed by atoms with Gasteiger partial charge in [-0.2, -0.15) is 0 Å². The van der Waals surface area contributed by atoms with E-state index in [1.165, 1.54) is 32.1 Å². The molecule has 0 bridgehead atoms. The molecule has 0 atom stereocenters. The summed E-state index contributed by atoms with van der Waals surface area (Å²) in [5.74, 6) is 0. The molecule has 72 valence electrons. The van der Waals surface area contributed by atoms with Crippen LogP contribution in [0.25, 0.3) is 0 Å². The molecule has 0 aliphatic heterocycles. The van der Waals surface area contributed by atoms with Gasteiger partial charge in [0.1, 0.15) is 0 Å². The Kier molecular flexibility index (Phi) is 2.50. The summed E-state index contributed by atoms with van der Waals surface area (Å²) >= 11 is 3.91. The monoisotopic (exact) mass is 196 g/mol. The molecule has 0 heterocycles. The number of hydrogen-bond donors (Lipinski definition) is 1. The molecule has 2 aliphatic rings. The Bertz CT molecular complexity index is 249. The molecule has 0 radical (unpaired) electrons. The van der Waals surface area contributed by atoms with Crippen LogP contribution in [0.3, 0.4) is 0 Å². The van der Waals surface area contributed by atoms with Crippen LogP contribution in [0.1, 0.15) is 44.9 Å². The zero-order valence-corrected chi connectivity index (χ0v) is 8.78. The lowest BCUT2D eigenvalue weighted by Crippen LogP contribution is -2.21. The van der Waals surface area contributed by atoms with Gasteiger partial charge in [0.2, 0.25) is 5.12 Å². The third kappa shape index (κ3) is 1.83. The largest absolute Gasteiger partial charge is 0.282 e. The molecule has 2 heteroatoms. The minimum absolute atomic E-state index is 0.00836. The van der Waals surface area contributed by atoms with Gasteiger partial charge in [0.25, 0.3) is 0 Å². The summed E-state index contributed by atoms with van der Waals surface area (Å²) < 4.78 is 0. The standard InChI is InChI=1S/C11H16OS/c12-10(13)9-4-3-7-11(8-9)5-1-2-6-11/h4H,1-3,5-8H2,(H,12,13). The van der Waals surface area contributed by atoms with Crippen LogP contribution in [0.2, 0.25) is 0 Å². The van der Waals surface area contributed by atoms with Crippen LogP contribution in [0.15, 0.2) is 11.6 Å². The summed E-state index contributed by atoms with van der Waals surface area (Å²) in [7, 11) is 0. The van der Waals surface area contributed by atoms with Crippen molar-refractivity contribution in [3.8, 4) is 0 Å². The van der Waals surface area contributed by atoms with Gasteiger partial charge in [-0.25, -0.2) is 0 Å². The highest BCUT2D eigenvalue weighted by Gasteiger charge is 2.36. The van der Waals surface area contributed by atoms with Crippen molar-refractivity contribution < 1.29 is 4.79 Å². The summed E-state index contributed by atoms with van der Waals surface area (Å²) in [5.41, 5.74) is 1.46. The molecular weight excluding hydrogens is 180 g/mol. The van der Waals surface area contributed by atoms with E-state index in [9.17, 15) is 4.79 Å². The molecule has 0 aromatic carbocycles. The predicted octanol–water partition coefficient (Wildman–Crippen LogP) is 3.11. The molecule has 1 saturated carbocycles. The molecule has 1 nitrogen and oxygen atoms in total. The second kappa shape index (κ2) is 3.49. The zero-order chi connectivity index (χ0) is 9.31. The molecule has 0 N–H and O–H groups in total. The highest BCUT2D eigenvalue weighted by Crippen LogP contribution is 2.49. The van der Waals surface area contributed by atoms with Gasteiger partial charge in [0, 0.05) is 5.57 Å². The maximum Gasteiger partial charge on any atom is 0.211 e. The Morgan fingerprint density at radius 3 is 2.62 bits per heavy atom. The average molecular weight is 196 g/mol. The third-order valence-electron chi connectivity index (χ3n) is 3.57. The van der Waals surface area contributed by atoms with Crippen molar-refractivity contribution in [1.29, 1.82) is 0 Å². The molecule has 0 aromatic heterocycles. The summed E-state index contributed by atoms with van der Waals surface area (Å²) in [6, 6.07) is 0. The number of hydrogen-bond acceptors (Lipinski definition) is 1. The molecule has 1 spiro atoms. The first-order chi connectivity index (χ1) is 6.22. The predicted molar refractivity (Wildman–Crippen MR) is 56.8 cm³/mol. The van der Waals surface area contributed by atoms with Crippen LogP contribution in [-0.2, 0) is 4.79 Å². The van der Waals surface area contributed by atoms with Gasteiger partial charge in [-0.1, -0.05) is 18.9 Å². The zero-order valence-electron chi connectivity index (χ0n) is 7.88. The number of allylic oxidation sites excluding steroid dienone is 1. The minimum atomic E-state index is -0.00836. The molecule has 0 aromatic rings. The molecule has 1 fully saturated rings. The van der Waals surface area contributed by atoms with Crippen molar-refractivity contribution in [2.75, 3.05) is 0 Å². The van der Waals surface area contributed by atoms with E-state index in [1.807, 2.05) is 0 Å². The Morgan fingerprint density at radius 2 is 2.00 bits per heavy atom. The molecule has 2 aliphatic carbocycles. The fourth-order valence-corrected chi connectivity index (χ4v) is 3.00. The summed E-state index contributed by atoms with van der Waals surface area (Å²) in [4.78, 5) is 11.1. The Labute approximate surface area is 85.0 Å². The van der Waals surface area contributed by atoms with Crippen molar-refractivity contribution in [3.63, 3.8) is 0 Å². The first kappa shape index (κ1) is 9.32. The van der Waals surface area contributed by atoms with Crippen LogP contribution < -0.4 is 0 Å². The number of thiol groups is 1. The van der Waals surface area contributed by atoms with Crippen LogP contribution in [-0.4, -0.2) is 5.12 Å². The normalized spacial score (nSPS) is 26.1. The van der Waals surface area contributed by atoms with Crippen LogP contribution >= 0.6 is 12.6 Å². The Balaban J connectivity index is 2.11. The maximum atomic E-state index is 11.1. The lowest BCUT2D eigenvalue weighted by Gasteiger charge is -2.32. The molecule has 0 amide bonds. The summed E-state index contributed by atoms with van der Waals surface area (Å²) in [6.07, 6.45) is 10.8. The van der Waals surface area contributed by atoms with Gasteiger partial charge in [0.15, 0.2) is 0 Å². The van der Waals surface area contributed by atoms with Gasteiger partial charge < -0.3 is 0 Å².